The molecular formula is C11H16BrNOS. The third kappa shape index (κ3) is 3.95. The maximum absolute atomic E-state index is 11.8. The minimum Gasteiger partial charge on any atom is -0.349 e. The van der Waals surface area contributed by atoms with Crippen molar-refractivity contribution >= 4 is 33.2 Å². The summed E-state index contributed by atoms with van der Waals surface area (Å²) in [6.07, 6.45) is 0.966. The molecule has 0 aromatic carbocycles. The molecule has 84 valence electrons. The molecule has 1 heterocycles. The lowest BCUT2D eigenvalue weighted by atomic mass is 10.0. The Morgan fingerprint density at radius 3 is 2.80 bits per heavy atom. The largest absolute Gasteiger partial charge is 0.349 e. The summed E-state index contributed by atoms with van der Waals surface area (Å²) < 4.78 is 0. The van der Waals surface area contributed by atoms with Gasteiger partial charge in [0.15, 0.2) is 0 Å². The second-order valence-electron chi connectivity index (χ2n) is 3.81. The van der Waals surface area contributed by atoms with E-state index < -0.39 is 0 Å². The second kappa shape index (κ2) is 6.28. The van der Waals surface area contributed by atoms with Gasteiger partial charge in [-0.1, -0.05) is 29.8 Å². The van der Waals surface area contributed by atoms with Crippen LogP contribution in [-0.4, -0.2) is 17.3 Å². The van der Waals surface area contributed by atoms with Crippen molar-refractivity contribution in [3.63, 3.8) is 0 Å². The first-order valence-corrected chi connectivity index (χ1v) is 7.10. The zero-order chi connectivity index (χ0) is 11.3. The molecule has 4 heteroatoms. The van der Waals surface area contributed by atoms with Gasteiger partial charge in [0, 0.05) is 22.3 Å². The molecule has 2 nitrogen and oxygen atoms in total. The number of carbonyl (C=O) groups is 1. The number of thiophene rings is 1. The Morgan fingerprint density at radius 1 is 1.60 bits per heavy atom. The van der Waals surface area contributed by atoms with E-state index in [0.29, 0.717) is 5.92 Å². The van der Waals surface area contributed by atoms with Gasteiger partial charge in [-0.2, -0.15) is 11.3 Å². The molecule has 15 heavy (non-hydrogen) atoms. The van der Waals surface area contributed by atoms with Crippen molar-refractivity contribution in [1.82, 2.24) is 5.32 Å². The molecule has 0 aliphatic carbocycles. The second-order valence-corrected chi connectivity index (χ2v) is 5.39. The fourth-order valence-corrected chi connectivity index (χ4v) is 2.46. The van der Waals surface area contributed by atoms with E-state index in [2.05, 4.69) is 35.1 Å². The number of halogens is 1. The molecule has 0 saturated heterocycles. The highest BCUT2D eigenvalue weighted by Crippen LogP contribution is 2.11. The van der Waals surface area contributed by atoms with Gasteiger partial charge in [-0.25, -0.2) is 0 Å². The highest BCUT2D eigenvalue weighted by atomic mass is 79.9. The summed E-state index contributed by atoms with van der Waals surface area (Å²) in [5.74, 6) is 0.501. The third-order valence-corrected chi connectivity index (χ3v) is 3.47. The number of hydrogen-bond donors (Lipinski definition) is 1. The number of nitrogens with one attached hydrogen (secondary N) is 1. The van der Waals surface area contributed by atoms with Crippen LogP contribution in [0, 0.1) is 5.92 Å². The van der Waals surface area contributed by atoms with E-state index >= 15 is 0 Å². The molecule has 1 rings (SSSR count). The van der Waals surface area contributed by atoms with Crippen LogP contribution in [0.1, 0.15) is 30.6 Å². The Kier molecular flexibility index (Phi) is 5.32. The van der Waals surface area contributed by atoms with Crippen LogP contribution >= 0.6 is 27.3 Å². The highest BCUT2D eigenvalue weighted by molar-refractivity contribution is 9.09. The monoisotopic (exact) mass is 289 g/mol. The Hall–Kier alpha value is -0.350. The van der Waals surface area contributed by atoms with Gasteiger partial charge in [-0.05, 0) is 23.8 Å². The predicted octanol–water partition coefficient (Wildman–Crippen LogP) is 3.29. The Morgan fingerprint density at radius 2 is 2.33 bits per heavy atom. The predicted molar refractivity (Wildman–Crippen MR) is 68.8 cm³/mol. The van der Waals surface area contributed by atoms with Crippen LogP contribution in [-0.2, 0) is 0 Å². The number of rotatable bonds is 5. The van der Waals surface area contributed by atoms with Crippen molar-refractivity contribution in [1.29, 1.82) is 0 Å². The number of hydrogen-bond acceptors (Lipinski definition) is 2. The lowest BCUT2D eigenvalue weighted by Crippen LogP contribution is -2.38. The zero-order valence-corrected chi connectivity index (χ0v) is 11.4. The van der Waals surface area contributed by atoms with Crippen molar-refractivity contribution in [3.8, 4) is 0 Å². The summed E-state index contributed by atoms with van der Waals surface area (Å²) in [5, 5.41) is 7.77. The summed E-state index contributed by atoms with van der Waals surface area (Å²) in [7, 11) is 0. The van der Waals surface area contributed by atoms with Crippen LogP contribution in [0.5, 0.6) is 0 Å². The van der Waals surface area contributed by atoms with Crippen molar-refractivity contribution in [2.75, 3.05) is 5.33 Å². The van der Waals surface area contributed by atoms with Gasteiger partial charge >= 0.3 is 0 Å². The molecule has 1 aromatic heterocycles. The van der Waals surface area contributed by atoms with Crippen LogP contribution in [0.4, 0.5) is 0 Å². The van der Waals surface area contributed by atoms with Crippen molar-refractivity contribution in [2.24, 2.45) is 5.92 Å². The first kappa shape index (κ1) is 12.7. The fourth-order valence-electron chi connectivity index (χ4n) is 1.34. The molecule has 1 amide bonds. The van der Waals surface area contributed by atoms with Gasteiger partial charge in [0.05, 0.1) is 0 Å². The van der Waals surface area contributed by atoms with Crippen molar-refractivity contribution < 1.29 is 4.79 Å². The van der Waals surface area contributed by atoms with E-state index in [1.165, 1.54) is 0 Å². The van der Waals surface area contributed by atoms with Crippen molar-refractivity contribution in [2.45, 2.75) is 26.3 Å². The molecule has 0 aliphatic heterocycles. The minimum atomic E-state index is 0.0379. The van der Waals surface area contributed by atoms with Crippen LogP contribution in [0.3, 0.4) is 0 Å². The summed E-state index contributed by atoms with van der Waals surface area (Å²) in [4.78, 5) is 11.8. The standard InChI is InChI=1S/C11H16BrNOS/c1-8(2)10(3-5-12)13-11(14)9-4-6-15-7-9/h4,6-8,10H,3,5H2,1-2H3,(H,13,14). The van der Waals surface area contributed by atoms with Crippen molar-refractivity contribution in [3.05, 3.63) is 22.4 Å². The average Bonchev–Trinajstić information content (AvgIpc) is 2.69. The molecule has 0 aliphatic rings. The quantitative estimate of drug-likeness (QED) is 0.828. The maximum Gasteiger partial charge on any atom is 0.252 e. The molecule has 0 radical (unpaired) electrons. The van der Waals surface area contributed by atoms with Gasteiger partial charge in [0.2, 0.25) is 0 Å². The van der Waals surface area contributed by atoms with Crippen LogP contribution in [0.25, 0.3) is 0 Å². The Labute approximate surface area is 103 Å². The average molecular weight is 290 g/mol. The molecule has 0 bridgehead atoms. The van der Waals surface area contributed by atoms with Crippen LogP contribution in [0.15, 0.2) is 16.8 Å². The number of carbonyl (C=O) groups excluding carboxylic acids is 1. The molecule has 0 spiro atoms. The molecule has 0 fully saturated rings. The lowest BCUT2D eigenvalue weighted by molar-refractivity contribution is 0.0925. The normalized spacial score (nSPS) is 12.8. The summed E-state index contributed by atoms with van der Waals surface area (Å²) in [6, 6.07) is 2.10. The highest BCUT2D eigenvalue weighted by Gasteiger charge is 2.16. The van der Waals surface area contributed by atoms with E-state index in [9.17, 15) is 4.79 Å². The van der Waals surface area contributed by atoms with Crippen LogP contribution < -0.4 is 5.32 Å². The number of amides is 1. The van der Waals surface area contributed by atoms with Gasteiger partial charge in [0.25, 0.3) is 5.91 Å². The molecular weight excluding hydrogens is 274 g/mol. The van der Waals surface area contributed by atoms with E-state index in [0.717, 1.165) is 17.3 Å². The van der Waals surface area contributed by atoms with Gasteiger partial charge in [0.1, 0.15) is 0 Å². The summed E-state index contributed by atoms with van der Waals surface area (Å²) >= 11 is 4.95. The lowest BCUT2D eigenvalue weighted by Gasteiger charge is -2.21. The first-order valence-electron chi connectivity index (χ1n) is 5.04. The Balaban J connectivity index is 2.55. The zero-order valence-electron chi connectivity index (χ0n) is 9.00. The molecule has 1 unspecified atom stereocenters. The molecule has 0 saturated carbocycles. The van der Waals surface area contributed by atoms with Gasteiger partial charge in [-0.15, -0.1) is 0 Å². The van der Waals surface area contributed by atoms with E-state index in [-0.39, 0.29) is 11.9 Å². The molecule has 1 N–H and O–H groups in total. The third-order valence-electron chi connectivity index (χ3n) is 2.32. The van der Waals surface area contributed by atoms with Gasteiger partial charge < -0.3 is 5.32 Å². The summed E-state index contributed by atoms with van der Waals surface area (Å²) in [6.45, 7) is 4.25. The SMILES string of the molecule is CC(C)C(CCBr)NC(=O)c1ccsc1. The van der Waals surface area contributed by atoms with E-state index in [1.54, 1.807) is 11.3 Å². The fraction of sp³-hybridized carbons (Fsp3) is 0.545. The summed E-state index contributed by atoms with van der Waals surface area (Å²) in [5.41, 5.74) is 0.764. The van der Waals surface area contributed by atoms with E-state index in [4.69, 9.17) is 0 Å². The Bertz CT molecular complexity index is 298. The van der Waals surface area contributed by atoms with E-state index in [1.807, 2.05) is 16.8 Å². The molecule has 1 atom stereocenters. The minimum absolute atomic E-state index is 0.0379. The maximum atomic E-state index is 11.8. The number of alkyl halides is 1. The van der Waals surface area contributed by atoms with Gasteiger partial charge in [-0.3, -0.25) is 4.79 Å². The topological polar surface area (TPSA) is 29.1 Å². The smallest absolute Gasteiger partial charge is 0.252 e. The molecule has 1 aromatic rings. The van der Waals surface area contributed by atoms with Crippen LogP contribution in [0.2, 0.25) is 0 Å². The first-order chi connectivity index (χ1) is 7.15.